The highest BCUT2D eigenvalue weighted by atomic mass is 19.1. The van der Waals surface area contributed by atoms with E-state index in [1.165, 1.54) is 17.8 Å². The largest absolute Gasteiger partial charge is 0.390 e. The number of rotatable bonds is 4. The Hall–Kier alpha value is -3.63. The van der Waals surface area contributed by atoms with Crippen molar-refractivity contribution in [2.24, 2.45) is 0 Å². The lowest BCUT2D eigenvalue weighted by Crippen LogP contribution is -2.49. The van der Waals surface area contributed by atoms with E-state index in [-0.39, 0.29) is 37.4 Å². The fourth-order valence-corrected chi connectivity index (χ4v) is 6.54. The molecule has 0 unspecified atom stereocenters. The highest BCUT2D eigenvalue weighted by molar-refractivity contribution is 5.76. The number of hydrogen-bond acceptors (Lipinski definition) is 6. The molecule has 238 valence electrons. The molecule has 0 radical (unpaired) electrons. The fourth-order valence-electron chi connectivity index (χ4n) is 6.54. The topological polar surface area (TPSA) is 83.1 Å². The van der Waals surface area contributed by atoms with Crippen LogP contribution in [-0.4, -0.2) is 62.6 Å². The van der Waals surface area contributed by atoms with E-state index < -0.39 is 23.8 Å². The lowest BCUT2D eigenvalue weighted by Gasteiger charge is -2.29. The zero-order chi connectivity index (χ0) is 31.2. The molecule has 45 heavy (non-hydrogen) atoms. The number of carbonyl (C=O) groups is 1. The summed E-state index contributed by atoms with van der Waals surface area (Å²) in [6, 6.07) is 17.6. The van der Waals surface area contributed by atoms with Gasteiger partial charge in [-0.2, -0.15) is 0 Å². The number of halogens is 2. The SMILES string of the molecule is O=C1CCCC=CCO[C@@H]2C[C@H](NC[C@@H](O)[C@H](Cc3cc(F)cc(F)c3)N1)c1cc(-c3ccc(N4CCOCC4)cc3)ccc12. The molecule has 0 saturated carbocycles. The van der Waals surface area contributed by atoms with Crippen molar-refractivity contribution in [3.05, 3.63) is 101 Å². The minimum Gasteiger partial charge on any atom is -0.390 e. The van der Waals surface area contributed by atoms with Crippen LogP contribution in [0.3, 0.4) is 0 Å². The van der Waals surface area contributed by atoms with Crippen molar-refractivity contribution in [3.8, 4) is 11.1 Å². The second-order valence-electron chi connectivity index (χ2n) is 12.1. The van der Waals surface area contributed by atoms with Gasteiger partial charge in [0.1, 0.15) is 11.6 Å². The summed E-state index contributed by atoms with van der Waals surface area (Å²) in [5, 5.41) is 17.8. The number of ether oxygens (including phenoxy) is 2. The Labute approximate surface area is 263 Å². The van der Waals surface area contributed by atoms with Crippen LogP contribution in [0.4, 0.5) is 14.5 Å². The second-order valence-corrected chi connectivity index (χ2v) is 12.1. The van der Waals surface area contributed by atoms with Crippen LogP contribution >= 0.6 is 0 Å². The number of hydrogen-bond donors (Lipinski definition) is 3. The number of morpholine rings is 1. The average Bonchev–Trinajstić information content (AvgIpc) is 3.39. The Kier molecular flexibility index (Phi) is 10.2. The minimum absolute atomic E-state index is 0.0907. The van der Waals surface area contributed by atoms with Gasteiger partial charge in [0.15, 0.2) is 0 Å². The van der Waals surface area contributed by atoms with Crippen molar-refractivity contribution in [2.75, 3.05) is 44.4 Å². The van der Waals surface area contributed by atoms with Gasteiger partial charge in [-0.1, -0.05) is 36.4 Å². The van der Waals surface area contributed by atoms with Crippen LogP contribution in [0, 0.1) is 11.6 Å². The van der Waals surface area contributed by atoms with Crippen LogP contribution in [0.2, 0.25) is 0 Å². The molecule has 2 heterocycles. The van der Waals surface area contributed by atoms with E-state index >= 15 is 0 Å². The molecule has 3 aromatic rings. The monoisotopic (exact) mass is 617 g/mol. The number of anilines is 1. The summed E-state index contributed by atoms with van der Waals surface area (Å²) in [6.45, 7) is 3.91. The molecule has 2 bridgehead atoms. The predicted octanol–water partition coefficient (Wildman–Crippen LogP) is 5.39. The van der Waals surface area contributed by atoms with Gasteiger partial charge in [-0.25, -0.2) is 8.78 Å². The smallest absolute Gasteiger partial charge is 0.220 e. The molecule has 1 fully saturated rings. The summed E-state index contributed by atoms with van der Waals surface area (Å²) < 4.78 is 39.7. The lowest BCUT2D eigenvalue weighted by molar-refractivity contribution is -0.122. The molecule has 9 heteroatoms. The number of nitrogens with zero attached hydrogens (tertiary/aromatic N) is 1. The summed E-state index contributed by atoms with van der Waals surface area (Å²) in [5.41, 5.74) is 6.00. The number of fused-ring (bicyclic) bond motifs is 5. The molecular formula is C36H41F2N3O4. The van der Waals surface area contributed by atoms with Crippen molar-refractivity contribution in [3.63, 3.8) is 0 Å². The van der Waals surface area contributed by atoms with E-state index in [4.69, 9.17) is 9.47 Å². The number of amides is 1. The average molecular weight is 618 g/mol. The van der Waals surface area contributed by atoms with Gasteiger partial charge in [0.05, 0.1) is 38.1 Å². The van der Waals surface area contributed by atoms with Crippen molar-refractivity contribution in [1.29, 1.82) is 0 Å². The first-order valence-electron chi connectivity index (χ1n) is 15.9. The van der Waals surface area contributed by atoms with Crippen molar-refractivity contribution >= 4 is 11.6 Å². The zero-order valence-electron chi connectivity index (χ0n) is 25.4. The van der Waals surface area contributed by atoms with E-state index in [9.17, 15) is 18.7 Å². The van der Waals surface area contributed by atoms with Crippen molar-refractivity contribution in [1.82, 2.24) is 10.6 Å². The van der Waals surface area contributed by atoms with E-state index in [1.807, 2.05) is 12.2 Å². The number of aliphatic hydroxyl groups is 1. The Morgan fingerprint density at radius 3 is 2.44 bits per heavy atom. The van der Waals surface area contributed by atoms with Gasteiger partial charge in [-0.3, -0.25) is 4.79 Å². The maximum atomic E-state index is 13.9. The standard InChI is InChI=1S/C36H41F2N3O4/c37-27-17-24(18-28(38)21-27)19-33-34(42)23-39-32-22-35(45-14-4-2-1-3-5-36(43)40-33)30-11-8-26(20-31(30)32)25-6-9-29(10-7-25)41-12-15-44-16-13-41/h2,4,6-11,17-18,20-21,32-35,39,42H,1,3,5,12-16,19,22-23H2,(H,40,43)/t32-,33-,34+,35+/m0/s1. The molecule has 1 amide bonds. The molecule has 2 aliphatic heterocycles. The molecule has 1 saturated heterocycles. The number of carbonyl (C=O) groups excluding carboxylic acids is 1. The Bertz CT molecular complexity index is 1470. The molecule has 3 aliphatic rings. The summed E-state index contributed by atoms with van der Waals surface area (Å²) in [7, 11) is 0. The summed E-state index contributed by atoms with van der Waals surface area (Å²) in [4.78, 5) is 15.1. The quantitative estimate of drug-likeness (QED) is 0.341. The molecule has 7 nitrogen and oxygen atoms in total. The summed E-state index contributed by atoms with van der Waals surface area (Å²) in [5.74, 6) is -1.59. The van der Waals surface area contributed by atoms with Gasteiger partial charge in [-0.05, 0) is 83.8 Å². The normalized spacial score (nSPS) is 24.7. The highest BCUT2D eigenvalue weighted by Gasteiger charge is 2.33. The minimum atomic E-state index is -0.993. The van der Waals surface area contributed by atoms with E-state index in [1.54, 1.807) is 0 Å². The fraction of sp³-hybridized carbons (Fsp3) is 0.417. The molecule has 1 aliphatic carbocycles. The second kappa shape index (κ2) is 14.6. The van der Waals surface area contributed by atoms with Crippen molar-refractivity contribution in [2.45, 2.75) is 56.4 Å². The Morgan fingerprint density at radius 1 is 0.911 bits per heavy atom. The molecule has 6 rings (SSSR count). The van der Waals surface area contributed by atoms with Crippen molar-refractivity contribution < 1.29 is 28.2 Å². The molecule has 3 aromatic carbocycles. The Balaban J connectivity index is 1.23. The first-order chi connectivity index (χ1) is 21.9. The molecule has 4 atom stereocenters. The maximum absolute atomic E-state index is 13.9. The van der Waals surface area contributed by atoms with Gasteiger partial charge in [0.2, 0.25) is 5.91 Å². The first kappa shape index (κ1) is 31.4. The molecule has 0 aromatic heterocycles. The third kappa shape index (κ3) is 7.97. The van der Waals surface area contributed by atoms with E-state index in [2.05, 4.69) is 58.0 Å². The molecular weight excluding hydrogens is 576 g/mol. The zero-order valence-corrected chi connectivity index (χ0v) is 25.4. The van der Waals surface area contributed by atoms with E-state index in [0.29, 0.717) is 25.0 Å². The summed E-state index contributed by atoms with van der Waals surface area (Å²) >= 11 is 0. The van der Waals surface area contributed by atoms with Crippen LogP contribution in [-0.2, 0) is 20.7 Å². The van der Waals surface area contributed by atoms with Crippen LogP contribution < -0.4 is 15.5 Å². The number of aliphatic hydroxyl groups excluding tert-OH is 1. The third-order valence-electron chi connectivity index (χ3n) is 8.93. The Morgan fingerprint density at radius 2 is 1.67 bits per heavy atom. The third-order valence-corrected chi connectivity index (χ3v) is 8.93. The van der Waals surface area contributed by atoms with Gasteiger partial charge < -0.3 is 30.1 Å². The van der Waals surface area contributed by atoms with Gasteiger partial charge in [0, 0.05) is 43.9 Å². The van der Waals surface area contributed by atoms with E-state index in [0.717, 1.165) is 61.0 Å². The van der Waals surface area contributed by atoms with Gasteiger partial charge in [0.25, 0.3) is 0 Å². The maximum Gasteiger partial charge on any atom is 0.220 e. The number of β-amino-alcohol motifs (C(OH)–C–C–N with tert-alkyl or cyclic N) is 1. The lowest BCUT2D eigenvalue weighted by atomic mass is 9.98. The molecule has 3 N–H and O–H groups in total. The number of allylic oxidation sites excluding steroid dienone is 1. The predicted molar refractivity (Wildman–Crippen MR) is 170 cm³/mol. The van der Waals surface area contributed by atoms with Crippen LogP contribution in [0.1, 0.15) is 54.5 Å². The molecule has 0 spiro atoms. The number of benzene rings is 3. The van der Waals surface area contributed by atoms with Gasteiger partial charge >= 0.3 is 0 Å². The van der Waals surface area contributed by atoms with Crippen LogP contribution in [0.15, 0.2) is 72.8 Å². The van der Waals surface area contributed by atoms with Gasteiger partial charge in [-0.15, -0.1) is 0 Å². The first-order valence-corrected chi connectivity index (χ1v) is 15.9. The highest BCUT2D eigenvalue weighted by Crippen LogP contribution is 2.43. The number of nitrogens with one attached hydrogen (secondary N) is 2. The summed E-state index contributed by atoms with van der Waals surface area (Å²) in [6.07, 6.45) is 5.37. The van der Waals surface area contributed by atoms with Crippen LogP contribution in [0.25, 0.3) is 11.1 Å². The van der Waals surface area contributed by atoms with Crippen LogP contribution in [0.5, 0.6) is 0 Å².